The number of nitrogens with zero attached hydrogens (tertiary/aromatic N) is 4. The molecule has 2 aliphatic rings. The van der Waals surface area contributed by atoms with Crippen LogP contribution in [0.3, 0.4) is 0 Å². The van der Waals surface area contributed by atoms with E-state index in [1.54, 1.807) is 41.4 Å². The second-order valence-electron chi connectivity index (χ2n) is 12.6. The van der Waals surface area contributed by atoms with Gasteiger partial charge in [-0.25, -0.2) is 15.9 Å². The number of carbonyl (C=O) groups is 3. The molecule has 294 valence electrons. The van der Waals surface area contributed by atoms with Crippen molar-refractivity contribution < 1.29 is 138 Å². The number of carbonyl (C=O) groups excluding carboxylic acids is 3. The Labute approximate surface area is 434 Å². The van der Waals surface area contributed by atoms with E-state index in [0.29, 0.717) is 32.8 Å². The van der Waals surface area contributed by atoms with Crippen molar-refractivity contribution in [3.8, 4) is 0 Å². The number of benzene rings is 4. The van der Waals surface area contributed by atoms with Crippen molar-refractivity contribution in [1.82, 2.24) is 15.4 Å². The summed E-state index contributed by atoms with van der Waals surface area (Å²) < 4.78 is 0. The summed E-state index contributed by atoms with van der Waals surface area (Å²) in [5.74, 6) is 6.79. The van der Waals surface area contributed by atoms with Crippen molar-refractivity contribution in [2.75, 3.05) is 0 Å². The van der Waals surface area contributed by atoms with Crippen molar-refractivity contribution in [3.63, 3.8) is 0 Å². The second kappa shape index (κ2) is 25.7. The topological polar surface area (TPSA) is 171 Å². The number of amidine groups is 2. The van der Waals surface area contributed by atoms with Crippen molar-refractivity contribution >= 4 is 64.1 Å². The molecule has 2 aliphatic heterocycles. The molecule has 0 fully saturated rings. The predicted molar refractivity (Wildman–Crippen MR) is 212 cm³/mol. The summed E-state index contributed by atoms with van der Waals surface area (Å²) in [6.07, 6.45) is 1.92. The Morgan fingerprint density at radius 2 is 1.14 bits per heavy atom. The van der Waals surface area contributed by atoms with Gasteiger partial charge in [-0.1, -0.05) is 71.6 Å². The molecule has 3 N–H and O–H groups in total. The molecule has 6 rings (SSSR count). The van der Waals surface area contributed by atoms with Crippen LogP contribution in [0.1, 0.15) is 85.9 Å². The average Bonchev–Trinajstić information content (AvgIpc) is 3.64. The molecule has 1 amide bonds. The van der Waals surface area contributed by atoms with Crippen LogP contribution in [0.15, 0.2) is 107 Å². The van der Waals surface area contributed by atoms with Crippen LogP contribution < -0.4 is 119 Å². The first-order valence-electron chi connectivity index (χ1n) is 16.9. The zero-order valence-corrected chi connectivity index (χ0v) is 41.6. The molecule has 4 aromatic carbocycles. The van der Waals surface area contributed by atoms with E-state index in [1.165, 1.54) is 16.1 Å². The van der Waals surface area contributed by atoms with Gasteiger partial charge < -0.3 is 21.2 Å². The van der Waals surface area contributed by atoms with Gasteiger partial charge in [-0.05, 0) is 136 Å². The molecule has 0 saturated heterocycles. The minimum atomic E-state index is -0.798. The van der Waals surface area contributed by atoms with Gasteiger partial charge in [-0.3, -0.25) is 19.8 Å². The number of hydrogen-bond acceptors (Lipinski definition) is 12. The summed E-state index contributed by atoms with van der Waals surface area (Å²) in [6.45, 7) is 11.3. The van der Waals surface area contributed by atoms with E-state index in [-0.39, 0.29) is 117 Å². The van der Waals surface area contributed by atoms with E-state index in [0.717, 1.165) is 24.0 Å². The number of halogens is 3. The Morgan fingerprint density at radius 3 is 1.51 bits per heavy atom. The zero-order chi connectivity index (χ0) is 40.8. The third-order valence-corrected chi connectivity index (χ3v) is 8.66. The molecule has 0 bridgehead atoms. The Kier molecular flexibility index (Phi) is 23.9. The van der Waals surface area contributed by atoms with Crippen molar-refractivity contribution in [3.05, 3.63) is 140 Å². The van der Waals surface area contributed by atoms with Crippen LogP contribution in [-0.2, 0) is 32.2 Å². The quantitative estimate of drug-likeness (QED) is 0.0653. The molecular formula is C39H43Cl3K2N6O7. The van der Waals surface area contributed by atoms with Crippen LogP contribution in [0.4, 0.5) is 0 Å². The average molecular weight is 892 g/mol. The Bertz CT molecular complexity index is 1960. The summed E-state index contributed by atoms with van der Waals surface area (Å²) in [7, 11) is 0. The third-order valence-electron chi connectivity index (χ3n) is 7.94. The van der Waals surface area contributed by atoms with E-state index in [1.807, 2.05) is 88.4 Å². The summed E-state index contributed by atoms with van der Waals surface area (Å²) in [5.41, 5.74) is 6.71. The minimum Gasteiger partial charge on any atom is -1.00 e. The summed E-state index contributed by atoms with van der Waals surface area (Å²) in [5, 5.41) is 20.6. The number of hydrogen-bond donors (Lipinski definition) is 2. The van der Waals surface area contributed by atoms with Crippen LogP contribution >= 0.6 is 34.8 Å². The standard InChI is InChI=1S/C19H20ClN3O2.C10H12ClN3O.C9H9ClO.CH2O3.2K.H/c1-4-13-5-7-15(8-6-13)18(24)21-23-17(22-25-19(23,2)3)14-9-11-16(20)12-10-14;1-10(2)14(12)9(13-15-10)7-3-5-8(11)6-4-7;1-2-7-3-5-8(6-4-7)9(10)11;2-1-4-3;;;/h5-12H,4H2,1-3H3,(H,21,24);3-6H,12H2,1-2H3;3-6H,2H2,1H3;1,3H;;;/q;;;;2*+1;-1/p-1. The zero-order valence-electron chi connectivity index (χ0n) is 34.1. The van der Waals surface area contributed by atoms with Crippen molar-refractivity contribution in [2.24, 2.45) is 16.2 Å². The molecule has 0 aliphatic carbocycles. The summed E-state index contributed by atoms with van der Waals surface area (Å²) in [6, 6.07) is 29.4. The van der Waals surface area contributed by atoms with Gasteiger partial charge >= 0.3 is 103 Å². The largest absolute Gasteiger partial charge is 1.00 e. The van der Waals surface area contributed by atoms with Gasteiger partial charge in [0.1, 0.15) is 0 Å². The summed E-state index contributed by atoms with van der Waals surface area (Å²) in [4.78, 5) is 45.2. The number of amides is 1. The van der Waals surface area contributed by atoms with E-state index in [4.69, 9.17) is 60.4 Å². The van der Waals surface area contributed by atoms with Gasteiger partial charge in [0.05, 0.1) is 0 Å². The maximum atomic E-state index is 12.6. The molecule has 4 aromatic rings. The molecule has 18 heteroatoms. The van der Waals surface area contributed by atoms with Gasteiger partial charge in [0, 0.05) is 32.3 Å². The first kappa shape index (κ1) is 53.1. The number of hydrazine groups is 2. The third kappa shape index (κ3) is 16.2. The van der Waals surface area contributed by atoms with Crippen LogP contribution in [0.25, 0.3) is 0 Å². The fourth-order valence-corrected chi connectivity index (χ4v) is 5.06. The Morgan fingerprint density at radius 1 is 0.754 bits per heavy atom. The Hall–Kier alpha value is -1.91. The maximum Gasteiger partial charge on any atom is 1.00 e. The number of aryl methyl sites for hydroxylation is 2. The molecule has 0 atom stereocenters. The molecule has 0 unspecified atom stereocenters. The number of oxime groups is 2. The number of nitrogens with two attached hydrogens (primary N) is 1. The van der Waals surface area contributed by atoms with Gasteiger partial charge in [0.2, 0.25) is 11.4 Å². The van der Waals surface area contributed by atoms with Gasteiger partial charge in [-0.2, -0.15) is 0 Å². The summed E-state index contributed by atoms with van der Waals surface area (Å²) >= 11 is 17.0. The second-order valence-corrected chi connectivity index (χ2v) is 13.8. The molecule has 0 spiro atoms. The molecule has 57 heavy (non-hydrogen) atoms. The smallest absolute Gasteiger partial charge is 1.00 e. The van der Waals surface area contributed by atoms with Crippen LogP contribution in [0.5, 0.6) is 0 Å². The predicted octanol–water partition coefficient (Wildman–Crippen LogP) is 1.10. The Balaban J connectivity index is 0.000000844. The molecular weight excluding hydrogens is 849 g/mol. The van der Waals surface area contributed by atoms with Crippen LogP contribution in [0, 0.1) is 0 Å². The SMILES string of the molecule is CC1(C)ON=C(c2ccc(Cl)cc2)N1N.CCc1ccc(C(=O)Cl)cc1.CCc1ccc(C(=O)NN2C(c3ccc(Cl)cc3)=NOC2(C)C)cc1.O=CO[O-].[H-].[K+].[K+]. The maximum absolute atomic E-state index is 12.6. The monoisotopic (exact) mass is 890 g/mol. The fourth-order valence-electron chi connectivity index (χ4n) is 4.68. The van der Waals surface area contributed by atoms with Crippen molar-refractivity contribution in [2.45, 2.75) is 65.8 Å². The first-order valence-corrected chi connectivity index (χ1v) is 18.0. The van der Waals surface area contributed by atoms with E-state index in [2.05, 4.69) is 34.5 Å². The fraction of sp³-hybridized carbons (Fsp3) is 0.256. The normalized spacial score (nSPS) is 13.9. The minimum absolute atomic E-state index is 0. The molecule has 0 aromatic heterocycles. The van der Waals surface area contributed by atoms with Gasteiger partial charge in [0.15, 0.2) is 11.7 Å². The van der Waals surface area contributed by atoms with Crippen LogP contribution in [0.2, 0.25) is 10.0 Å². The number of nitrogens with one attached hydrogen (secondary N) is 1. The molecule has 13 nitrogen and oxygen atoms in total. The first-order chi connectivity index (χ1) is 26.1. The van der Waals surface area contributed by atoms with E-state index >= 15 is 0 Å². The van der Waals surface area contributed by atoms with E-state index < -0.39 is 16.7 Å². The van der Waals surface area contributed by atoms with Gasteiger partial charge in [-0.15, -0.1) is 0 Å². The van der Waals surface area contributed by atoms with Gasteiger partial charge in [0.25, 0.3) is 17.6 Å². The van der Waals surface area contributed by atoms with E-state index in [9.17, 15) is 9.59 Å². The molecule has 0 saturated carbocycles. The molecule has 2 heterocycles. The van der Waals surface area contributed by atoms with Crippen LogP contribution in [-0.4, -0.2) is 50.8 Å². The number of rotatable bonds is 8. The molecule has 0 radical (unpaired) electrons. The van der Waals surface area contributed by atoms with Crippen molar-refractivity contribution in [1.29, 1.82) is 0 Å².